The number of imidazole rings is 1. The summed E-state index contributed by atoms with van der Waals surface area (Å²) in [4.78, 5) is 14.3. The fraction of sp³-hybridized carbons (Fsp3) is 0.476. The Labute approximate surface area is 155 Å². The van der Waals surface area contributed by atoms with Crippen molar-refractivity contribution in [1.29, 1.82) is 0 Å². The van der Waals surface area contributed by atoms with E-state index >= 15 is 0 Å². The molecule has 3 aromatic rings. The lowest BCUT2D eigenvalue weighted by Gasteiger charge is -2.19. The number of fused-ring (bicyclic) bond motifs is 1. The zero-order valence-corrected chi connectivity index (χ0v) is 16.4. The molecule has 0 radical (unpaired) electrons. The van der Waals surface area contributed by atoms with Crippen molar-refractivity contribution < 1.29 is 4.74 Å². The topological polar surface area (TPSA) is 52.8 Å². The second-order valence-corrected chi connectivity index (χ2v) is 6.71. The Balaban J connectivity index is 2.20. The fourth-order valence-electron chi connectivity index (χ4n) is 3.63. The molecule has 3 rings (SSSR count). The molecule has 0 aliphatic carbocycles. The predicted octanol–water partition coefficient (Wildman–Crippen LogP) is 4.66. The van der Waals surface area contributed by atoms with Gasteiger partial charge in [0.2, 0.25) is 0 Å². The summed E-state index contributed by atoms with van der Waals surface area (Å²) in [5.41, 5.74) is 6.21. The summed E-state index contributed by atoms with van der Waals surface area (Å²) in [6.45, 7) is 9.18. The van der Waals surface area contributed by atoms with E-state index in [0.717, 1.165) is 65.4 Å². The second kappa shape index (κ2) is 7.96. The molecule has 0 N–H and O–H groups in total. The molecule has 3 aromatic heterocycles. The van der Waals surface area contributed by atoms with Gasteiger partial charge in [0.25, 0.3) is 0 Å². The number of methoxy groups -OCH3 is 1. The molecule has 0 spiro atoms. The molecule has 1 unspecified atom stereocenters. The molecule has 5 nitrogen and oxygen atoms in total. The predicted molar refractivity (Wildman–Crippen MR) is 105 cm³/mol. The van der Waals surface area contributed by atoms with Gasteiger partial charge in [0.15, 0.2) is 5.65 Å². The molecule has 1 atom stereocenters. The molecular formula is C21H28N4O. The zero-order chi connectivity index (χ0) is 18.7. The van der Waals surface area contributed by atoms with Gasteiger partial charge in [-0.05, 0) is 38.8 Å². The Morgan fingerprint density at radius 2 is 1.88 bits per heavy atom. The lowest BCUT2D eigenvalue weighted by Crippen LogP contribution is -2.14. The van der Waals surface area contributed by atoms with E-state index in [1.165, 1.54) is 0 Å². The maximum Gasteiger partial charge on any atom is 0.160 e. The Kier molecular flexibility index (Phi) is 5.67. The van der Waals surface area contributed by atoms with Crippen LogP contribution in [0.15, 0.2) is 24.4 Å². The van der Waals surface area contributed by atoms with Crippen LogP contribution in [0.5, 0.6) is 0 Å². The minimum atomic E-state index is 0.342. The van der Waals surface area contributed by atoms with Gasteiger partial charge < -0.3 is 9.30 Å². The van der Waals surface area contributed by atoms with Crippen LogP contribution in [0.25, 0.3) is 22.3 Å². The van der Waals surface area contributed by atoms with E-state index in [2.05, 4.69) is 48.5 Å². The molecule has 0 amide bonds. The average molecular weight is 352 g/mol. The highest BCUT2D eigenvalue weighted by atomic mass is 16.5. The maximum absolute atomic E-state index is 5.32. The van der Waals surface area contributed by atoms with Gasteiger partial charge in [-0.1, -0.05) is 19.9 Å². The summed E-state index contributed by atoms with van der Waals surface area (Å²) >= 11 is 0. The molecule has 0 aromatic carbocycles. The van der Waals surface area contributed by atoms with Gasteiger partial charge in [-0.3, -0.25) is 4.98 Å². The molecule has 138 valence electrons. The summed E-state index contributed by atoms with van der Waals surface area (Å²) in [5.74, 6) is 1.08. The van der Waals surface area contributed by atoms with E-state index in [-0.39, 0.29) is 0 Å². The van der Waals surface area contributed by atoms with Crippen LogP contribution in [0.1, 0.15) is 49.9 Å². The van der Waals surface area contributed by atoms with Crippen LogP contribution in [0, 0.1) is 13.8 Å². The third kappa shape index (κ3) is 3.36. The van der Waals surface area contributed by atoms with Crippen molar-refractivity contribution >= 4 is 11.2 Å². The van der Waals surface area contributed by atoms with E-state index in [9.17, 15) is 0 Å². The van der Waals surface area contributed by atoms with Gasteiger partial charge in [-0.15, -0.1) is 0 Å². The van der Waals surface area contributed by atoms with E-state index in [1.54, 1.807) is 7.11 Å². The highest BCUT2D eigenvalue weighted by Gasteiger charge is 2.20. The first-order chi connectivity index (χ1) is 12.6. The molecule has 5 heteroatoms. The van der Waals surface area contributed by atoms with Gasteiger partial charge in [0.05, 0.1) is 0 Å². The van der Waals surface area contributed by atoms with E-state index in [0.29, 0.717) is 6.04 Å². The third-order valence-electron chi connectivity index (χ3n) is 4.98. The summed E-state index contributed by atoms with van der Waals surface area (Å²) in [7, 11) is 1.75. The van der Waals surface area contributed by atoms with Gasteiger partial charge in [0.1, 0.15) is 11.3 Å². The second-order valence-electron chi connectivity index (χ2n) is 6.71. The van der Waals surface area contributed by atoms with Crippen molar-refractivity contribution in [1.82, 2.24) is 19.5 Å². The Bertz CT molecular complexity index is 900. The lowest BCUT2D eigenvalue weighted by molar-refractivity contribution is 0.177. The van der Waals surface area contributed by atoms with Crippen molar-refractivity contribution in [3.05, 3.63) is 41.6 Å². The third-order valence-corrected chi connectivity index (χ3v) is 4.98. The van der Waals surface area contributed by atoms with Crippen molar-refractivity contribution in [2.24, 2.45) is 0 Å². The number of aromatic nitrogens is 4. The van der Waals surface area contributed by atoms with Crippen molar-refractivity contribution in [2.75, 3.05) is 13.7 Å². The first-order valence-electron chi connectivity index (χ1n) is 9.40. The first-order valence-corrected chi connectivity index (χ1v) is 9.40. The summed E-state index contributed by atoms with van der Waals surface area (Å²) < 4.78 is 7.63. The van der Waals surface area contributed by atoms with Crippen LogP contribution in [0.4, 0.5) is 0 Å². The molecular weight excluding hydrogens is 324 g/mol. The van der Waals surface area contributed by atoms with Crippen LogP contribution in [-0.2, 0) is 11.2 Å². The molecule has 26 heavy (non-hydrogen) atoms. The number of rotatable bonds is 7. The Morgan fingerprint density at radius 1 is 1.08 bits per heavy atom. The highest BCUT2D eigenvalue weighted by molar-refractivity contribution is 5.90. The standard InChI is InChI=1S/C21H28N4O/c1-6-16(11-13-26-5)25-19(7-2)24-20-18(10-12-22-21(20)25)17-9-8-14(3)23-15(17)4/h8-10,12,16H,6-7,11,13H2,1-5H3. The molecule has 0 saturated carbocycles. The Hall–Kier alpha value is -2.27. The van der Waals surface area contributed by atoms with E-state index in [4.69, 9.17) is 14.7 Å². The number of aryl methyl sites for hydroxylation is 3. The normalized spacial score (nSPS) is 12.7. The smallest absolute Gasteiger partial charge is 0.160 e. The van der Waals surface area contributed by atoms with Crippen LogP contribution in [-0.4, -0.2) is 33.2 Å². The van der Waals surface area contributed by atoms with Crippen molar-refractivity contribution in [2.45, 2.75) is 53.0 Å². The number of nitrogens with zero attached hydrogens (tertiary/aromatic N) is 4. The largest absolute Gasteiger partial charge is 0.385 e. The summed E-state index contributed by atoms with van der Waals surface area (Å²) in [6.07, 6.45) is 4.75. The molecule has 3 heterocycles. The van der Waals surface area contributed by atoms with E-state index in [1.807, 2.05) is 13.1 Å². The summed E-state index contributed by atoms with van der Waals surface area (Å²) in [5, 5.41) is 0. The molecule has 0 aliphatic rings. The molecule has 0 fully saturated rings. The monoisotopic (exact) mass is 352 g/mol. The Morgan fingerprint density at radius 3 is 2.54 bits per heavy atom. The molecule has 0 bridgehead atoms. The average Bonchev–Trinajstić information content (AvgIpc) is 3.01. The van der Waals surface area contributed by atoms with Gasteiger partial charge in [-0.25, -0.2) is 9.97 Å². The van der Waals surface area contributed by atoms with Crippen molar-refractivity contribution in [3.63, 3.8) is 0 Å². The minimum absolute atomic E-state index is 0.342. The summed E-state index contributed by atoms with van der Waals surface area (Å²) in [6, 6.07) is 6.59. The first kappa shape index (κ1) is 18.5. The number of hydrogen-bond donors (Lipinski definition) is 0. The SMILES string of the molecule is CCc1nc2c(-c3ccc(C)nc3C)ccnc2n1C(CC)CCOC. The van der Waals surface area contributed by atoms with Crippen molar-refractivity contribution in [3.8, 4) is 11.1 Å². The van der Waals surface area contributed by atoms with Gasteiger partial charge in [-0.2, -0.15) is 0 Å². The van der Waals surface area contributed by atoms with Crippen LogP contribution < -0.4 is 0 Å². The molecule has 0 aliphatic heterocycles. The minimum Gasteiger partial charge on any atom is -0.385 e. The number of hydrogen-bond acceptors (Lipinski definition) is 4. The van der Waals surface area contributed by atoms with Gasteiger partial charge in [0, 0.05) is 54.9 Å². The van der Waals surface area contributed by atoms with Crippen LogP contribution in [0.2, 0.25) is 0 Å². The van der Waals surface area contributed by atoms with Crippen LogP contribution >= 0.6 is 0 Å². The fourth-order valence-corrected chi connectivity index (χ4v) is 3.63. The lowest BCUT2D eigenvalue weighted by atomic mass is 10.0. The number of pyridine rings is 2. The molecule has 0 saturated heterocycles. The van der Waals surface area contributed by atoms with Gasteiger partial charge >= 0.3 is 0 Å². The highest BCUT2D eigenvalue weighted by Crippen LogP contribution is 2.32. The van der Waals surface area contributed by atoms with E-state index < -0.39 is 0 Å². The zero-order valence-electron chi connectivity index (χ0n) is 16.4. The maximum atomic E-state index is 5.32. The quantitative estimate of drug-likeness (QED) is 0.620. The number of ether oxygens (including phenoxy) is 1. The van der Waals surface area contributed by atoms with Crippen LogP contribution in [0.3, 0.4) is 0 Å².